The maximum absolute atomic E-state index is 13.3. The van der Waals surface area contributed by atoms with E-state index in [2.05, 4.69) is 74.0 Å². The molecule has 0 amide bonds. The number of benzene rings is 3. The molecule has 0 bridgehead atoms. The number of hydrogen-bond donors (Lipinski definition) is 5. The molecule has 0 unspecified atom stereocenters. The first-order chi connectivity index (χ1) is 43.2. The van der Waals surface area contributed by atoms with Gasteiger partial charge in [-0.15, -0.1) is 0 Å². The number of fused-ring (bicyclic) bond motifs is 3. The van der Waals surface area contributed by atoms with Crippen LogP contribution in [0.15, 0.2) is 143 Å². The smallest absolute Gasteiger partial charge is 0.261 e. The Labute approximate surface area is 539 Å². The summed E-state index contributed by atoms with van der Waals surface area (Å²) in [6.07, 6.45) is 14.0. The summed E-state index contributed by atoms with van der Waals surface area (Å²) in [6, 6.07) is 19.1. The van der Waals surface area contributed by atoms with Gasteiger partial charge in [0.25, 0.3) is 30.1 Å². The number of imidazole rings is 1. The van der Waals surface area contributed by atoms with Gasteiger partial charge in [-0.1, -0.05) is 58.6 Å². The molecule has 0 fully saturated rings. The molecule has 91 heavy (non-hydrogen) atoms. The summed E-state index contributed by atoms with van der Waals surface area (Å²) in [7, 11) is -12.0. The number of allylic oxidation sites excluding steroid dienone is 1. The monoisotopic (exact) mass is 1360 g/mol. The van der Waals surface area contributed by atoms with Crippen molar-refractivity contribution in [1.82, 2.24) is 59.8 Å². The molecular formula is C60H47Cl4N15O9S3. The second-order valence-corrected chi connectivity index (χ2v) is 27.0. The number of H-pyrrole nitrogens is 2. The number of ketones is 3. The first-order valence-electron chi connectivity index (χ1n) is 26.7. The fraction of sp³-hybridized carbons (Fsp3) is 0.117. The van der Waals surface area contributed by atoms with Gasteiger partial charge in [0.05, 0.1) is 48.8 Å². The lowest BCUT2D eigenvalue weighted by Crippen LogP contribution is -2.18. The molecule has 0 atom stereocenters. The molecule has 0 spiro atoms. The maximum Gasteiger partial charge on any atom is 0.261 e. The summed E-state index contributed by atoms with van der Waals surface area (Å²) < 4.78 is 85.0. The van der Waals surface area contributed by atoms with E-state index < -0.39 is 47.4 Å². The molecule has 462 valence electrons. The molecule has 0 aliphatic heterocycles. The molecule has 0 radical (unpaired) electrons. The van der Waals surface area contributed by atoms with E-state index in [9.17, 15) is 39.6 Å². The number of carbonyl (C=O) groups excluding carboxylic acids is 3. The van der Waals surface area contributed by atoms with Crippen molar-refractivity contribution in [2.24, 2.45) is 0 Å². The minimum absolute atomic E-state index is 0.00589. The zero-order valence-electron chi connectivity index (χ0n) is 48.3. The number of nitrogens with one attached hydrogen (secondary N) is 5. The van der Waals surface area contributed by atoms with Gasteiger partial charge in [-0.2, -0.15) is 0 Å². The number of carbonyl (C=O) groups is 3. The highest BCUT2D eigenvalue weighted by atomic mass is 35.5. The topological polar surface area (TPSA) is 350 Å². The zero-order valence-corrected chi connectivity index (χ0v) is 53.8. The van der Waals surface area contributed by atoms with Crippen molar-refractivity contribution >= 4 is 139 Å². The molecule has 5 N–H and O–H groups in total. The lowest BCUT2D eigenvalue weighted by Gasteiger charge is -2.13. The number of halogens is 4. The molecule has 8 heterocycles. The van der Waals surface area contributed by atoms with Gasteiger partial charge in [-0.05, 0) is 148 Å². The Hall–Kier alpha value is -9.48. The van der Waals surface area contributed by atoms with Crippen LogP contribution in [-0.2, 0) is 36.5 Å². The Kier molecular flexibility index (Phi) is 18.5. The van der Waals surface area contributed by atoms with Crippen LogP contribution >= 0.6 is 46.4 Å². The van der Waals surface area contributed by atoms with Crippen LogP contribution in [-0.4, -0.2) is 102 Å². The fourth-order valence-corrected chi connectivity index (χ4v) is 13.0. The predicted octanol–water partition coefficient (Wildman–Crippen LogP) is 11.1. The van der Waals surface area contributed by atoms with E-state index in [4.69, 9.17) is 46.4 Å². The first-order valence-corrected chi connectivity index (χ1v) is 32.7. The van der Waals surface area contributed by atoms with Crippen molar-refractivity contribution < 1.29 is 39.6 Å². The summed E-state index contributed by atoms with van der Waals surface area (Å²) in [5.41, 5.74) is 5.81. The van der Waals surface area contributed by atoms with Crippen molar-refractivity contribution in [1.29, 1.82) is 0 Å². The Morgan fingerprint density at radius 2 is 0.956 bits per heavy atom. The largest absolute Gasteiger partial charge is 0.346 e. The molecule has 1 aliphatic carbocycles. The summed E-state index contributed by atoms with van der Waals surface area (Å²) in [5.74, 6) is -1.22. The van der Waals surface area contributed by atoms with Crippen LogP contribution in [0.25, 0.3) is 28.3 Å². The van der Waals surface area contributed by atoms with E-state index in [0.717, 1.165) is 5.69 Å². The summed E-state index contributed by atoms with van der Waals surface area (Å²) in [4.78, 5) is 86.7. The lowest BCUT2D eigenvalue weighted by atomic mass is 10.1. The molecule has 11 aromatic rings. The second kappa shape index (κ2) is 26.2. The molecule has 31 heteroatoms. The van der Waals surface area contributed by atoms with Crippen LogP contribution < -0.4 is 14.2 Å². The molecule has 8 aromatic heterocycles. The molecule has 1 aliphatic rings. The molecule has 0 saturated heterocycles. The highest BCUT2D eigenvalue weighted by Crippen LogP contribution is 2.31. The van der Waals surface area contributed by atoms with Crippen LogP contribution in [0, 0.1) is 41.5 Å². The highest BCUT2D eigenvalue weighted by molar-refractivity contribution is 7.93. The van der Waals surface area contributed by atoms with Crippen molar-refractivity contribution in [3.63, 3.8) is 0 Å². The average Bonchev–Trinajstić information content (AvgIpc) is 1.79. The summed E-state index contributed by atoms with van der Waals surface area (Å²) in [5, 5.41) is 2.06. The van der Waals surface area contributed by atoms with E-state index in [1.807, 2.05) is 6.08 Å². The number of aromatic amines is 2. The van der Waals surface area contributed by atoms with Gasteiger partial charge in [-0.25, -0.2) is 65.1 Å². The van der Waals surface area contributed by atoms with E-state index >= 15 is 0 Å². The molecule has 0 saturated carbocycles. The van der Waals surface area contributed by atoms with Gasteiger partial charge >= 0.3 is 0 Å². The maximum atomic E-state index is 13.3. The van der Waals surface area contributed by atoms with Gasteiger partial charge in [0.1, 0.15) is 63.8 Å². The third-order valence-electron chi connectivity index (χ3n) is 13.6. The second-order valence-electron chi connectivity index (χ2n) is 20.3. The number of pyridine rings is 3. The Balaban J connectivity index is 0.000000150. The standard InChI is InChI=1S/C21H18ClN5O3S.C20H14Cl2N4O3S.C19H15ClN6O3S/c1-11-8-17(27-31(29,30)14-4-5-16(22)12(2)9-14)19(24-10-11)20(28)18-15-6-7-23-21(15)26-13(3)25-18;1-11-7-13(5-6-15(11)22)30(28,29)26-17-8-12(21)9-23-19(17)20(27)18-14-3-2-4-16(14)24-10-25-18;1-10-5-14(26-30(28,29)12-3-4-13(20)11(2)6-12)15(21-7-10)18(27)16-17-19(24-8-22-16)25-9-23-17/h4-10,27H,1-3H3,(H,23,25,26);2-3,5-10,26H,4H2,1H3;3-9,26H,1-2H3,(H,22,23,24,25). The van der Waals surface area contributed by atoms with Gasteiger partial charge in [-0.3, -0.25) is 38.5 Å². The molecule has 3 aromatic carbocycles. The van der Waals surface area contributed by atoms with Crippen molar-refractivity contribution in [2.75, 3.05) is 14.2 Å². The minimum Gasteiger partial charge on any atom is -0.346 e. The van der Waals surface area contributed by atoms with Crippen molar-refractivity contribution in [3.8, 4) is 0 Å². The normalized spacial score (nSPS) is 11.9. The van der Waals surface area contributed by atoms with Crippen LogP contribution in [0.2, 0.25) is 20.1 Å². The number of aryl methyl sites for hydroxylation is 6. The Morgan fingerprint density at radius 3 is 1.48 bits per heavy atom. The summed E-state index contributed by atoms with van der Waals surface area (Å²) >= 11 is 24.0. The van der Waals surface area contributed by atoms with Crippen molar-refractivity contribution in [2.45, 2.75) is 62.6 Å². The number of anilines is 3. The summed E-state index contributed by atoms with van der Waals surface area (Å²) in [6.45, 7) is 10.3. The number of rotatable bonds is 15. The number of nitrogens with zero attached hydrogens (tertiary/aromatic N) is 10. The minimum atomic E-state index is -4.03. The van der Waals surface area contributed by atoms with E-state index in [-0.39, 0.29) is 70.9 Å². The number of aromatic nitrogens is 12. The average molecular weight is 1360 g/mol. The number of hydrogen-bond acceptors (Lipinski definition) is 19. The molecule has 24 nitrogen and oxygen atoms in total. The Morgan fingerprint density at radius 1 is 0.484 bits per heavy atom. The van der Waals surface area contributed by atoms with Crippen LogP contribution in [0.3, 0.4) is 0 Å². The van der Waals surface area contributed by atoms with E-state index in [1.165, 1.54) is 104 Å². The fourth-order valence-electron chi connectivity index (χ4n) is 9.06. The quantitative estimate of drug-likeness (QED) is 0.0595. The zero-order chi connectivity index (χ0) is 65.3. The highest BCUT2D eigenvalue weighted by Gasteiger charge is 2.29. The van der Waals surface area contributed by atoms with Crippen LogP contribution in [0.1, 0.15) is 93.4 Å². The third kappa shape index (κ3) is 14.1. The van der Waals surface area contributed by atoms with Crippen molar-refractivity contribution in [3.05, 3.63) is 228 Å². The van der Waals surface area contributed by atoms with Crippen LogP contribution in [0.4, 0.5) is 17.1 Å². The lowest BCUT2D eigenvalue weighted by molar-refractivity contribution is 0.102. The van der Waals surface area contributed by atoms with E-state index in [1.54, 1.807) is 65.9 Å². The van der Waals surface area contributed by atoms with Gasteiger partial charge in [0.2, 0.25) is 17.3 Å². The SMILES string of the molecule is Cc1cc(S(=O)(=O)Nc2cc(Cl)cnc2C(=O)c2ncnc3c2C=CC3)ccc1Cl.Cc1cnc(C(=O)c2nc(C)nc3[nH]ccc23)c(NS(=O)(=O)c2ccc(Cl)c(C)c2)c1.Cc1cnc(C(=O)c2ncnc3nc[nH]c23)c(NS(=O)(=O)c2ccc(Cl)c(C)c2)c1. The first kappa shape index (κ1) is 64.5. The van der Waals surface area contributed by atoms with Gasteiger partial charge < -0.3 is 9.97 Å². The van der Waals surface area contributed by atoms with E-state index in [0.29, 0.717) is 82.9 Å². The van der Waals surface area contributed by atoms with Gasteiger partial charge in [0, 0.05) is 57.2 Å². The van der Waals surface area contributed by atoms with Gasteiger partial charge in [0.15, 0.2) is 5.65 Å². The van der Waals surface area contributed by atoms with Crippen LogP contribution in [0.5, 0.6) is 0 Å². The third-order valence-corrected chi connectivity index (χ3v) is 19.1. The molecule has 12 rings (SSSR count). The Bertz CT molecular complexity index is 5190. The predicted molar refractivity (Wildman–Crippen MR) is 344 cm³/mol. The molecular weight excluding hydrogens is 1310 g/mol. The number of sulfonamides is 3.